The molecule has 0 heterocycles. The third-order valence-electron chi connectivity index (χ3n) is 3.91. The standard InChI is InChI=1S/C22H30O3/c1-17(2)7-5-8-18(3)9-6-10-19(4)15-16-25-21-13-11-20(12-14-21)22(23)24/h7,9,11-15H,5-6,8,10,16H2,1-4H3,(H,23,24). The Morgan fingerprint density at radius 2 is 1.48 bits per heavy atom. The molecule has 136 valence electrons. The molecule has 0 radical (unpaired) electrons. The van der Waals surface area contributed by atoms with Crippen LogP contribution in [0.25, 0.3) is 0 Å². The van der Waals surface area contributed by atoms with Crippen molar-refractivity contribution in [2.75, 3.05) is 6.61 Å². The van der Waals surface area contributed by atoms with E-state index in [1.54, 1.807) is 24.3 Å². The van der Waals surface area contributed by atoms with Crippen LogP contribution in [-0.2, 0) is 0 Å². The highest BCUT2D eigenvalue weighted by atomic mass is 16.5. The van der Waals surface area contributed by atoms with Crippen LogP contribution in [0.1, 0.15) is 63.7 Å². The number of carboxylic acid groups (broad SMARTS) is 1. The summed E-state index contributed by atoms with van der Waals surface area (Å²) in [5.41, 5.74) is 4.39. The number of carbonyl (C=O) groups is 1. The minimum Gasteiger partial charge on any atom is -0.490 e. The van der Waals surface area contributed by atoms with Crippen LogP contribution in [0, 0.1) is 0 Å². The van der Waals surface area contributed by atoms with Gasteiger partial charge < -0.3 is 9.84 Å². The number of allylic oxidation sites excluding steroid dienone is 5. The Bertz CT molecular complexity index is 630. The maximum absolute atomic E-state index is 10.8. The monoisotopic (exact) mass is 342 g/mol. The van der Waals surface area contributed by atoms with Crippen LogP contribution in [0.4, 0.5) is 0 Å². The van der Waals surface area contributed by atoms with Gasteiger partial charge in [0.15, 0.2) is 0 Å². The third-order valence-corrected chi connectivity index (χ3v) is 3.91. The topological polar surface area (TPSA) is 46.5 Å². The van der Waals surface area contributed by atoms with E-state index < -0.39 is 5.97 Å². The smallest absolute Gasteiger partial charge is 0.335 e. The van der Waals surface area contributed by atoms with Gasteiger partial charge in [-0.25, -0.2) is 4.79 Å². The first kappa shape index (κ1) is 20.8. The molecule has 0 saturated carbocycles. The first-order valence-electron chi connectivity index (χ1n) is 8.79. The fourth-order valence-corrected chi connectivity index (χ4v) is 2.31. The van der Waals surface area contributed by atoms with E-state index in [1.807, 2.05) is 0 Å². The first-order valence-corrected chi connectivity index (χ1v) is 8.79. The van der Waals surface area contributed by atoms with Crippen molar-refractivity contribution in [3.63, 3.8) is 0 Å². The Morgan fingerprint density at radius 3 is 2.04 bits per heavy atom. The molecule has 3 heteroatoms. The summed E-state index contributed by atoms with van der Waals surface area (Å²) in [6.45, 7) is 9.08. The Kier molecular flexibility index (Phi) is 9.38. The molecule has 0 amide bonds. The Balaban J connectivity index is 2.31. The van der Waals surface area contributed by atoms with E-state index in [9.17, 15) is 4.79 Å². The number of carboxylic acids is 1. The van der Waals surface area contributed by atoms with E-state index in [2.05, 4.69) is 45.9 Å². The summed E-state index contributed by atoms with van der Waals surface area (Å²) in [6.07, 6.45) is 11.0. The Hall–Kier alpha value is -2.29. The highest BCUT2D eigenvalue weighted by Gasteiger charge is 2.01. The normalized spacial score (nSPS) is 12.0. The van der Waals surface area contributed by atoms with Gasteiger partial charge in [-0.2, -0.15) is 0 Å². The van der Waals surface area contributed by atoms with Crippen LogP contribution in [-0.4, -0.2) is 17.7 Å². The number of ether oxygens (including phenoxy) is 1. The summed E-state index contributed by atoms with van der Waals surface area (Å²) in [6, 6.07) is 6.48. The molecule has 25 heavy (non-hydrogen) atoms. The molecule has 0 bridgehead atoms. The minimum absolute atomic E-state index is 0.269. The van der Waals surface area contributed by atoms with Crippen LogP contribution in [0.2, 0.25) is 0 Å². The van der Waals surface area contributed by atoms with E-state index in [0.29, 0.717) is 12.4 Å². The van der Waals surface area contributed by atoms with Crippen LogP contribution in [0.3, 0.4) is 0 Å². The molecule has 0 aliphatic carbocycles. The molecule has 0 aliphatic heterocycles. The fraction of sp³-hybridized carbons (Fsp3) is 0.409. The van der Waals surface area contributed by atoms with Gasteiger partial charge in [-0.1, -0.05) is 28.9 Å². The molecule has 1 N–H and O–H groups in total. The van der Waals surface area contributed by atoms with Crippen LogP contribution < -0.4 is 4.74 Å². The van der Waals surface area contributed by atoms with E-state index in [1.165, 1.54) is 16.7 Å². The zero-order valence-electron chi connectivity index (χ0n) is 15.8. The Labute approximate surface area is 151 Å². The lowest BCUT2D eigenvalue weighted by molar-refractivity contribution is 0.0697. The molecular weight excluding hydrogens is 312 g/mol. The number of hydrogen-bond acceptors (Lipinski definition) is 2. The highest BCUT2D eigenvalue weighted by molar-refractivity contribution is 5.87. The van der Waals surface area contributed by atoms with Gasteiger partial charge in [-0.15, -0.1) is 0 Å². The van der Waals surface area contributed by atoms with Crippen molar-refractivity contribution in [1.82, 2.24) is 0 Å². The predicted molar refractivity (Wildman–Crippen MR) is 104 cm³/mol. The number of rotatable bonds is 10. The highest BCUT2D eigenvalue weighted by Crippen LogP contribution is 2.14. The summed E-state index contributed by atoms with van der Waals surface area (Å²) >= 11 is 0. The minimum atomic E-state index is -0.925. The average molecular weight is 342 g/mol. The second-order valence-corrected chi connectivity index (χ2v) is 6.60. The largest absolute Gasteiger partial charge is 0.490 e. The van der Waals surface area contributed by atoms with Gasteiger partial charge in [0.05, 0.1) is 5.56 Å². The quantitative estimate of drug-likeness (QED) is 0.516. The average Bonchev–Trinajstić information content (AvgIpc) is 2.55. The molecule has 0 atom stereocenters. The van der Waals surface area contributed by atoms with Crippen molar-refractivity contribution < 1.29 is 14.6 Å². The second kappa shape index (κ2) is 11.3. The maximum atomic E-state index is 10.8. The van der Waals surface area contributed by atoms with Gasteiger partial charge in [-0.3, -0.25) is 0 Å². The lowest BCUT2D eigenvalue weighted by Crippen LogP contribution is -1.98. The summed E-state index contributed by atoms with van der Waals surface area (Å²) in [5.74, 6) is -0.240. The molecule has 1 aromatic carbocycles. The van der Waals surface area contributed by atoms with Gasteiger partial charge in [0.25, 0.3) is 0 Å². The lowest BCUT2D eigenvalue weighted by Gasteiger charge is -2.05. The number of benzene rings is 1. The zero-order valence-corrected chi connectivity index (χ0v) is 15.8. The van der Waals surface area contributed by atoms with Crippen molar-refractivity contribution in [3.05, 3.63) is 64.8 Å². The Morgan fingerprint density at radius 1 is 0.920 bits per heavy atom. The van der Waals surface area contributed by atoms with Crippen molar-refractivity contribution >= 4 is 5.97 Å². The van der Waals surface area contributed by atoms with Crippen molar-refractivity contribution in [3.8, 4) is 5.75 Å². The fourth-order valence-electron chi connectivity index (χ4n) is 2.31. The maximum Gasteiger partial charge on any atom is 0.335 e. The molecule has 0 aliphatic rings. The molecule has 0 spiro atoms. The van der Waals surface area contributed by atoms with Gasteiger partial charge in [0, 0.05) is 0 Å². The first-order chi connectivity index (χ1) is 11.9. The van der Waals surface area contributed by atoms with Crippen molar-refractivity contribution in [1.29, 1.82) is 0 Å². The summed E-state index contributed by atoms with van der Waals surface area (Å²) in [7, 11) is 0. The summed E-state index contributed by atoms with van der Waals surface area (Å²) in [4.78, 5) is 10.8. The molecule has 1 aromatic rings. The molecular formula is C22H30O3. The van der Waals surface area contributed by atoms with Crippen molar-refractivity contribution in [2.24, 2.45) is 0 Å². The van der Waals surface area contributed by atoms with E-state index in [4.69, 9.17) is 9.84 Å². The number of aromatic carboxylic acids is 1. The van der Waals surface area contributed by atoms with Gasteiger partial charge >= 0.3 is 5.97 Å². The van der Waals surface area contributed by atoms with Crippen LogP contribution >= 0.6 is 0 Å². The lowest BCUT2D eigenvalue weighted by atomic mass is 10.1. The van der Waals surface area contributed by atoms with Gasteiger partial charge in [0.1, 0.15) is 12.4 Å². The molecule has 3 nitrogen and oxygen atoms in total. The molecule has 0 aromatic heterocycles. The van der Waals surface area contributed by atoms with Gasteiger partial charge in [0.2, 0.25) is 0 Å². The third kappa shape index (κ3) is 9.55. The molecule has 0 unspecified atom stereocenters. The van der Waals surface area contributed by atoms with E-state index in [-0.39, 0.29) is 5.56 Å². The van der Waals surface area contributed by atoms with E-state index in [0.717, 1.165) is 25.7 Å². The van der Waals surface area contributed by atoms with Crippen molar-refractivity contribution in [2.45, 2.75) is 53.4 Å². The SMILES string of the molecule is CC(C)=CCCC(C)=CCCC(C)=CCOc1ccc(C(=O)O)cc1. The zero-order chi connectivity index (χ0) is 18.7. The van der Waals surface area contributed by atoms with Crippen LogP contribution in [0.5, 0.6) is 5.75 Å². The number of hydrogen-bond donors (Lipinski definition) is 1. The van der Waals surface area contributed by atoms with E-state index >= 15 is 0 Å². The van der Waals surface area contributed by atoms with Gasteiger partial charge in [-0.05, 0) is 83.7 Å². The predicted octanol–water partition coefficient (Wildman–Crippen LogP) is 6.18. The molecule has 0 fully saturated rings. The second-order valence-electron chi connectivity index (χ2n) is 6.60. The molecule has 0 saturated heterocycles. The summed E-state index contributed by atoms with van der Waals surface area (Å²) < 4.78 is 5.62. The van der Waals surface area contributed by atoms with Crippen LogP contribution in [0.15, 0.2) is 59.2 Å². The summed E-state index contributed by atoms with van der Waals surface area (Å²) in [5, 5.41) is 8.86. The molecule has 1 rings (SSSR count).